The van der Waals surface area contributed by atoms with E-state index in [1.165, 1.54) is 10.4 Å². The van der Waals surface area contributed by atoms with Crippen LogP contribution in [-0.2, 0) is 19.9 Å². The Morgan fingerprint density at radius 1 is 1.20 bits per heavy atom. The van der Waals surface area contributed by atoms with Gasteiger partial charge >= 0.3 is 0 Å². The van der Waals surface area contributed by atoms with E-state index < -0.39 is 0 Å². The first-order valence-electron chi connectivity index (χ1n) is 10.4. The predicted molar refractivity (Wildman–Crippen MR) is 126 cm³/mol. The van der Waals surface area contributed by atoms with E-state index in [4.69, 9.17) is 9.73 Å². The number of aromatic nitrogens is 2. The van der Waals surface area contributed by atoms with Crippen LogP contribution >= 0.6 is 11.3 Å². The van der Waals surface area contributed by atoms with E-state index in [-0.39, 0.29) is 6.10 Å². The monoisotopic (exact) mass is 425 g/mol. The highest BCUT2D eigenvalue weighted by molar-refractivity contribution is 7.09. The highest BCUT2D eigenvalue weighted by atomic mass is 32.1. The van der Waals surface area contributed by atoms with E-state index >= 15 is 0 Å². The number of anilines is 1. The van der Waals surface area contributed by atoms with Crippen LogP contribution in [0.25, 0.3) is 0 Å². The van der Waals surface area contributed by atoms with Crippen molar-refractivity contribution < 1.29 is 4.74 Å². The van der Waals surface area contributed by atoms with E-state index in [9.17, 15) is 0 Å². The fraction of sp³-hybridized carbons (Fsp3) is 0.391. The maximum absolute atomic E-state index is 5.72. The number of ether oxygens (including phenoxy) is 1. The summed E-state index contributed by atoms with van der Waals surface area (Å²) in [6, 6.07) is 12.3. The minimum atomic E-state index is 0.166. The minimum absolute atomic E-state index is 0.166. The van der Waals surface area contributed by atoms with Crippen LogP contribution in [-0.4, -0.2) is 34.9 Å². The summed E-state index contributed by atoms with van der Waals surface area (Å²) in [7, 11) is 1.94. The molecule has 6 nitrogen and oxygen atoms in total. The molecule has 0 amide bonds. The van der Waals surface area contributed by atoms with Crippen molar-refractivity contribution >= 4 is 23.0 Å². The number of guanidine groups is 1. The SMILES string of the molecule is CC(C)Oc1ccc(NC(=NCCCc2cnn(C)c2)NCCc2cccs2)cc1. The van der Waals surface area contributed by atoms with Crippen molar-refractivity contribution in [1.29, 1.82) is 0 Å². The molecular weight excluding hydrogens is 394 g/mol. The largest absolute Gasteiger partial charge is 0.491 e. The van der Waals surface area contributed by atoms with E-state index in [0.717, 1.165) is 49.7 Å². The van der Waals surface area contributed by atoms with E-state index in [0.29, 0.717) is 0 Å². The van der Waals surface area contributed by atoms with Crippen LogP contribution in [0.1, 0.15) is 30.7 Å². The topological polar surface area (TPSA) is 63.5 Å². The van der Waals surface area contributed by atoms with Crippen LogP contribution in [0.4, 0.5) is 5.69 Å². The Morgan fingerprint density at radius 3 is 2.70 bits per heavy atom. The summed E-state index contributed by atoms with van der Waals surface area (Å²) >= 11 is 1.78. The predicted octanol–water partition coefficient (Wildman–Crippen LogP) is 4.50. The molecule has 0 spiro atoms. The molecule has 0 saturated carbocycles. The second-order valence-electron chi connectivity index (χ2n) is 7.43. The lowest BCUT2D eigenvalue weighted by Crippen LogP contribution is -2.32. The summed E-state index contributed by atoms with van der Waals surface area (Å²) < 4.78 is 7.56. The van der Waals surface area contributed by atoms with E-state index in [1.54, 1.807) is 11.3 Å². The van der Waals surface area contributed by atoms with Crippen LogP contribution in [0.15, 0.2) is 59.2 Å². The lowest BCUT2D eigenvalue weighted by molar-refractivity contribution is 0.242. The fourth-order valence-electron chi connectivity index (χ4n) is 3.00. The highest BCUT2D eigenvalue weighted by Crippen LogP contribution is 2.17. The number of nitrogens with one attached hydrogen (secondary N) is 2. The van der Waals surface area contributed by atoms with Gasteiger partial charge in [0.15, 0.2) is 5.96 Å². The molecule has 0 atom stereocenters. The summed E-state index contributed by atoms with van der Waals surface area (Å²) in [5.41, 5.74) is 2.23. The number of aryl methyl sites for hydroxylation is 2. The molecule has 0 aliphatic heterocycles. The van der Waals surface area contributed by atoms with Gasteiger partial charge in [-0.2, -0.15) is 5.10 Å². The Kier molecular flexibility index (Phi) is 8.32. The molecule has 1 aromatic carbocycles. The van der Waals surface area contributed by atoms with Crippen LogP contribution in [0.3, 0.4) is 0 Å². The molecule has 0 aliphatic rings. The van der Waals surface area contributed by atoms with Gasteiger partial charge in [-0.3, -0.25) is 9.67 Å². The van der Waals surface area contributed by atoms with Crippen LogP contribution < -0.4 is 15.4 Å². The number of rotatable bonds is 10. The zero-order valence-electron chi connectivity index (χ0n) is 18.0. The summed E-state index contributed by atoms with van der Waals surface area (Å²) in [5.74, 6) is 1.67. The summed E-state index contributed by atoms with van der Waals surface area (Å²) in [6.07, 6.45) is 7.08. The van der Waals surface area contributed by atoms with E-state index in [2.05, 4.69) is 39.4 Å². The molecule has 2 heterocycles. The molecule has 0 aliphatic carbocycles. The summed E-state index contributed by atoms with van der Waals surface area (Å²) in [5, 5.41) is 13.2. The molecule has 30 heavy (non-hydrogen) atoms. The molecule has 3 aromatic rings. The Morgan fingerprint density at radius 2 is 2.03 bits per heavy atom. The maximum atomic E-state index is 5.72. The summed E-state index contributed by atoms with van der Waals surface area (Å²) in [4.78, 5) is 6.14. The van der Waals surface area contributed by atoms with Crippen LogP contribution in [0, 0.1) is 0 Å². The van der Waals surface area contributed by atoms with Crippen molar-refractivity contribution in [2.24, 2.45) is 12.0 Å². The Bertz CT molecular complexity index is 900. The smallest absolute Gasteiger partial charge is 0.195 e. The molecule has 0 saturated heterocycles. The molecule has 2 N–H and O–H groups in total. The van der Waals surface area contributed by atoms with Gasteiger partial charge < -0.3 is 15.4 Å². The van der Waals surface area contributed by atoms with Crippen molar-refractivity contribution in [2.75, 3.05) is 18.4 Å². The quantitative estimate of drug-likeness (QED) is 0.285. The van der Waals surface area contributed by atoms with Gasteiger partial charge in [-0.15, -0.1) is 11.3 Å². The molecule has 0 unspecified atom stereocenters. The first kappa shape index (κ1) is 21.9. The molecule has 0 fully saturated rings. The number of hydrogen-bond donors (Lipinski definition) is 2. The molecule has 0 bridgehead atoms. The normalized spacial score (nSPS) is 11.7. The number of hydrogen-bond acceptors (Lipinski definition) is 4. The molecule has 7 heteroatoms. The third kappa shape index (κ3) is 7.55. The fourth-order valence-corrected chi connectivity index (χ4v) is 3.71. The zero-order valence-corrected chi connectivity index (χ0v) is 18.8. The molecule has 2 aromatic heterocycles. The van der Waals surface area contributed by atoms with Gasteiger partial charge in [-0.1, -0.05) is 6.07 Å². The van der Waals surface area contributed by atoms with Gasteiger partial charge in [0.2, 0.25) is 0 Å². The molecular formula is C23H31N5OS. The van der Waals surface area contributed by atoms with Crippen molar-refractivity contribution in [1.82, 2.24) is 15.1 Å². The highest BCUT2D eigenvalue weighted by Gasteiger charge is 2.03. The first-order valence-corrected chi connectivity index (χ1v) is 11.3. The van der Waals surface area contributed by atoms with Crippen molar-refractivity contribution in [3.63, 3.8) is 0 Å². The number of benzene rings is 1. The molecule has 0 radical (unpaired) electrons. The molecule has 3 rings (SSSR count). The van der Waals surface area contributed by atoms with E-state index in [1.807, 2.05) is 56.0 Å². The summed E-state index contributed by atoms with van der Waals surface area (Å²) in [6.45, 7) is 5.64. The number of aliphatic imine (C=N–C) groups is 1. The molecule has 160 valence electrons. The second-order valence-corrected chi connectivity index (χ2v) is 8.46. The average molecular weight is 426 g/mol. The Labute approximate surface area is 183 Å². The zero-order chi connectivity index (χ0) is 21.2. The van der Waals surface area contributed by atoms with Gasteiger partial charge in [0.1, 0.15) is 5.75 Å². The van der Waals surface area contributed by atoms with Gasteiger partial charge in [0, 0.05) is 36.9 Å². The van der Waals surface area contributed by atoms with Crippen molar-refractivity contribution in [2.45, 2.75) is 39.2 Å². The Balaban J connectivity index is 1.55. The first-order chi connectivity index (χ1) is 14.6. The lowest BCUT2D eigenvalue weighted by atomic mass is 10.2. The van der Waals surface area contributed by atoms with Crippen molar-refractivity contribution in [3.05, 3.63) is 64.6 Å². The third-order valence-electron chi connectivity index (χ3n) is 4.38. The Hall–Kier alpha value is -2.80. The van der Waals surface area contributed by atoms with Crippen molar-refractivity contribution in [3.8, 4) is 5.75 Å². The average Bonchev–Trinajstić information content (AvgIpc) is 3.38. The maximum Gasteiger partial charge on any atom is 0.195 e. The van der Waals surface area contributed by atoms with Gasteiger partial charge in [-0.25, -0.2) is 0 Å². The number of thiophene rings is 1. The minimum Gasteiger partial charge on any atom is -0.491 e. The lowest BCUT2D eigenvalue weighted by Gasteiger charge is -2.14. The standard InChI is InChI=1S/C23H31N5OS/c1-18(2)29-21-10-8-20(9-11-21)27-23(25-14-12-22-7-5-15-30-22)24-13-4-6-19-16-26-28(3)17-19/h5,7-11,15-18H,4,6,12-14H2,1-3H3,(H2,24,25,27). The number of nitrogens with zero attached hydrogens (tertiary/aromatic N) is 3. The van der Waals surface area contributed by atoms with Crippen LogP contribution in [0.2, 0.25) is 0 Å². The van der Waals surface area contributed by atoms with Crippen LogP contribution in [0.5, 0.6) is 5.75 Å². The second kappa shape index (κ2) is 11.4. The van der Waals surface area contributed by atoms with Gasteiger partial charge in [0.25, 0.3) is 0 Å². The third-order valence-corrected chi connectivity index (χ3v) is 5.32. The van der Waals surface area contributed by atoms with Gasteiger partial charge in [-0.05, 0) is 74.4 Å². The van der Waals surface area contributed by atoms with Gasteiger partial charge in [0.05, 0.1) is 12.3 Å².